The minimum atomic E-state index is -0.417. The highest BCUT2D eigenvalue weighted by Gasteiger charge is 2.30. The van der Waals surface area contributed by atoms with Crippen molar-refractivity contribution in [2.45, 2.75) is 25.6 Å². The summed E-state index contributed by atoms with van der Waals surface area (Å²) in [4.78, 5) is 30.2. The van der Waals surface area contributed by atoms with Crippen LogP contribution in [0.3, 0.4) is 0 Å². The minimum absolute atomic E-state index is 0.191. The maximum absolute atomic E-state index is 13.0. The van der Waals surface area contributed by atoms with Gasteiger partial charge in [-0.05, 0) is 19.1 Å². The van der Waals surface area contributed by atoms with Gasteiger partial charge in [0.1, 0.15) is 5.82 Å². The molecule has 0 radical (unpaired) electrons. The van der Waals surface area contributed by atoms with Crippen LogP contribution in [-0.4, -0.2) is 18.7 Å². The van der Waals surface area contributed by atoms with Gasteiger partial charge in [0.05, 0.1) is 18.6 Å². The Morgan fingerprint density at radius 3 is 2.69 bits per heavy atom. The first-order valence-corrected chi connectivity index (χ1v) is 8.65. The smallest absolute Gasteiger partial charge is 0.332 e. The van der Waals surface area contributed by atoms with E-state index in [1.54, 1.807) is 31.7 Å². The molecule has 3 N–H and O–H groups in total. The lowest BCUT2D eigenvalue weighted by Crippen LogP contribution is -2.43. The average molecular weight is 375 g/mol. The van der Waals surface area contributed by atoms with Gasteiger partial charge in [-0.1, -0.05) is 17.7 Å². The number of imidazole rings is 1. The molecule has 0 aliphatic carbocycles. The summed E-state index contributed by atoms with van der Waals surface area (Å²) in [5, 5.41) is 3.86. The number of nitrogens with zero attached hydrogens (tertiary/aromatic N) is 4. The van der Waals surface area contributed by atoms with Crippen LogP contribution in [0.2, 0.25) is 5.02 Å². The van der Waals surface area contributed by atoms with Gasteiger partial charge in [0, 0.05) is 30.4 Å². The van der Waals surface area contributed by atoms with Crippen molar-refractivity contribution in [3.8, 4) is 0 Å². The number of hydrogen-bond donors (Lipinski definition) is 2. The molecule has 26 heavy (non-hydrogen) atoms. The lowest BCUT2D eigenvalue weighted by molar-refractivity contribution is 0.530. The zero-order chi connectivity index (χ0) is 18.7. The molecular weight excluding hydrogens is 356 g/mol. The maximum Gasteiger partial charge on any atom is 0.332 e. The molecule has 2 unspecified atom stereocenters. The van der Waals surface area contributed by atoms with Crippen molar-refractivity contribution in [2.24, 2.45) is 19.8 Å². The largest absolute Gasteiger partial charge is 0.376 e. The van der Waals surface area contributed by atoms with E-state index >= 15 is 0 Å². The van der Waals surface area contributed by atoms with Gasteiger partial charge >= 0.3 is 5.69 Å². The Kier molecular flexibility index (Phi) is 3.71. The van der Waals surface area contributed by atoms with Crippen LogP contribution in [0.1, 0.15) is 30.4 Å². The molecule has 3 aromatic rings. The molecule has 8 nitrogen and oxygen atoms in total. The third kappa shape index (κ3) is 2.22. The van der Waals surface area contributed by atoms with Crippen molar-refractivity contribution in [2.75, 3.05) is 5.32 Å². The minimum Gasteiger partial charge on any atom is -0.376 e. The Balaban J connectivity index is 1.87. The first kappa shape index (κ1) is 16.9. The molecule has 9 heteroatoms. The summed E-state index contributed by atoms with van der Waals surface area (Å²) in [6.07, 6.45) is 0. The first-order valence-electron chi connectivity index (χ1n) is 8.28. The molecule has 1 aliphatic heterocycles. The van der Waals surface area contributed by atoms with Crippen molar-refractivity contribution in [3.05, 3.63) is 55.4 Å². The first-order chi connectivity index (χ1) is 12.3. The third-order valence-electron chi connectivity index (χ3n) is 4.90. The molecule has 0 saturated carbocycles. The van der Waals surface area contributed by atoms with Crippen LogP contribution in [0.25, 0.3) is 11.2 Å². The SMILES string of the molecule is CC(N)c1nc2c(c(=O)n(CC3Nc4cccc(Cl)c43)c(=O)n2C)n1C. The fourth-order valence-corrected chi connectivity index (χ4v) is 3.85. The van der Waals surface area contributed by atoms with Crippen molar-refractivity contribution in [3.63, 3.8) is 0 Å². The summed E-state index contributed by atoms with van der Waals surface area (Å²) >= 11 is 6.26. The van der Waals surface area contributed by atoms with Crippen LogP contribution in [0, 0.1) is 0 Å². The van der Waals surface area contributed by atoms with Crippen molar-refractivity contribution < 1.29 is 0 Å². The number of nitrogens with two attached hydrogens (primary N) is 1. The molecule has 0 amide bonds. The van der Waals surface area contributed by atoms with Crippen molar-refractivity contribution in [1.82, 2.24) is 18.7 Å². The van der Waals surface area contributed by atoms with E-state index in [2.05, 4.69) is 10.3 Å². The molecule has 1 aliphatic rings. The second-order valence-corrected chi connectivity index (χ2v) is 7.05. The molecule has 2 atom stereocenters. The highest BCUT2D eigenvalue weighted by atomic mass is 35.5. The number of aromatic nitrogens is 4. The number of rotatable bonds is 3. The normalized spacial score (nSPS) is 16.9. The fourth-order valence-electron chi connectivity index (χ4n) is 3.55. The number of benzene rings is 1. The maximum atomic E-state index is 13.0. The highest BCUT2D eigenvalue weighted by molar-refractivity contribution is 6.32. The van der Waals surface area contributed by atoms with E-state index in [9.17, 15) is 9.59 Å². The number of halogens is 1. The van der Waals surface area contributed by atoms with Crippen LogP contribution in [0.4, 0.5) is 5.69 Å². The van der Waals surface area contributed by atoms with E-state index in [1.165, 1.54) is 9.13 Å². The Labute approximate surface area is 153 Å². The summed E-state index contributed by atoms with van der Waals surface area (Å²) in [6.45, 7) is 1.98. The quantitative estimate of drug-likeness (QED) is 0.719. The molecule has 136 valence electrons. The number of hydrogen-bond acceptors (Lipinski definition) is 5. The summed E-state index contributed by atoms with van der Waals surface area (Å²) < 4.78 is 4.26. The van der Waals surface area contributed by atoms with E-state index in [4.69, 9.17) is 17.3 Å². The van der Waals surface area contributed by atoms with E-state index in [0.29, 0.717) is 22.0 Å². The Morgan fingerprint density at radius 2 is 2.04 bits per heavy atom. The van der Waals surface area contributed by atoms with Gasteiger partial charge in [-0.2, -0.15) is 0 Å². The monoisotopic (exact) mass is 374 g/mol. The summed E-state index contributed by atoms with van der Waals surface area (Å²) in [5.74, 6) is 0.556. The van der Waals surface area contributed by atoms with Gasteiger partial charge in [-0.3, -0.25) is 13.9 Å². The molecule has 0 bridgehead atoms. The van der Waals surface area contributed by atoms with Crippen LogP contribution < -0.4 is 22.3 Å². The van der Waals surface area contributed by atoms with Crippen LogP contribution in [0.5, 0.6) is 0 Å². The van der Waals surface area contributed by atoms with Crippen LogP contribution in [-0.2, 0) is 20.6 Å². The second-order valence-electron chi connectivity index (χ2n) is 6.65. The number of aryl methyl sites for hydroxylation is 2. The van der Waals surface area contributed by atoms with Gasteiger partial charge in [-0.25, -0.2) is 9.78 Å². The molecule has 0 saturated heterocycles. The van der Waals surface area contributed by atoms with Gasteiger partial charge in [0.25, 0.3) is 5.56 Å². The van der Waals surface area contributed by atoms with E-state index < -0.39 is 5.69 Å². The topological polar surface area (TPSA) is 99.9 Å². The summed E-state index contributed by atoms with van der Waals surface area (Å²) in [5.41, 5.74) is 7.68. The molecular formula is C17H19ClN6O2. The molecule has 0 spiro atoms. The van der Waals surface area contributed by atoms with Gasteiger partial charge in [0.15, 0.2) is 11.2 Å². The predicted molar refractivity (Wildman–Crippen MR) is 101 cm³/mol. The highest BCUT2D eigenvalue weighted by Crippen LogP contribution is 2.41. The average Bonchev–Trinajstić information content (AvgIpc) is 2.91. The van der Waals surface area contributed by atoms with Gasteiger partial charge in [-0.15, -0.1) is 0 Å². The van der Waals surface area contributed by atoms with Gasteiger partial charge in [0.2, 0.25) is 0 Å². The zero-order valence-corrected chi connectivity index (χ0v) is 15.4. The number of nitrogens with one attached hydrogen (secondary N) is 1. The van der Waals surface area contributed by atoms with E-state index in [-0.39, 0.29) is 24.2 Å². The van der Waals surface area contributed by atoms with E-state index in [1.807, 2.05) is 12.1 Å². The Hall–Kier alpha value is -2.58. The summed E-state index contributed by atoms with van der Waals surface area (Å²) in [6, 6.07) is 5.02. The van der Waals surface area contributed by atoms with Crippen LogP contribution >= 0.6 is 11.6 Å². The molecule has 0 fully saturated rings. The standard InChI is InChI=1S/C17H19ClN6O2/c1-8(19)14-21-15-13(22(14)2)16(25)24(17(26)23(15)3)7-11-12-9(18)5-4-6-10(12)20-11/h4-6,8,11,20H,7,19H2,1-3H3. The third-order valence-corrected chi connectivity index (χ3v) is 5.23. The van der Waals surface area contributed by atoms with Gasteiger partial charge < -0.3 is 15.6 Å². The lowest BCUT2D eigenvalue weighted by Gasteiger charge is -2.33. The lowest BCUT2D eigenvalue weighted by atomic mass is 9.96. The molecule has 4 rings (SSSR count). The Morgan fingerprint density at radius 1 is 1.31 bits per heavy atom. The Bertz CT molecular complexity index is 1140. The molecule has 1 aromatic carbocycles. The number of fused-ring (bicyclic) bond motifs is 2. The summed E-state index contributed by atoms with van der Waals surface area (Å²) in [7, 11) is 3.34. The predicted octanol–water partition coefficient (Wildman–Crippen LogP) is 1.27. The molecule has 2 aromatic heterocycles. The van der Waals surface area contributed by atoms with Crippen molar-refractivity contribution >= 4 is 28.5 Å². The molecule has 3 heterocycles. The van der Waals surface area contributed by atoms with Crippen LogP contribution in [0.15, 0.2) is 27.8 Å². The number of anilines is 1. The fraction of sp³-hybridized carbons (Fsp3) is 0.353. The zero-order valence-electron chi connectivity index (χ0n) is 14.7. The van der Waals surface area contributed by atoms with E-state index in [0.717, 1.165) is 11.3 Å². The van der Waals surface area contributed by atoms with Crippen molar-refractivity contribution in [1.29, 1.82) is 0 Å². The second kappa shape index (κ2) is 5.72.